The Hall–Kier alpha value is -4.25. The highest BCUT2D eigenvalue weighted by Gasteiger charge is 2.19. The molecule has 2 aromatic carbocycles. The van der Waals surface area contributed by atoms with Gasteiger partial charge in [0.15, 0.2) is 29.0 Å². The van der Waals surface area contributed by atoms with Crippen molar-refractivity contribution in [2.45, 2.75) is 13.5 Å². The lowest BCUT2D eigenvalue weighted by Gasteiger charge is -2.05. The number of oxazole rings is 1. The van der Waals surface area contributed by atoms with Crippen LogP contribution in [-0.2, 0) is 6.54 Å². The van der Waals surface area contributed by atoms with Gasteiger partial charge in [-0.05, 0) is 24.3 Å². The number of methoxy groups -OCH3 is 1. The maximum absolute atomic E-state index is 13.5. The summed E-state index contributed by atoms with van der Waals surface area (Å²) >= 11 is 5.81. The molecule has 0 aliphatic rings. The number of amides is 2. The zero-order chi connectivity index (χ0) is 25.1. The predicted octanol–water partition coefficient (Wildman–Crippen LogP) is 4.50. The number of anilines is 1. The standard InChI is InChI=1S/C23H18ClF2N5O4/c1-11-28-21(12-4-3-5-13(6-12)34-2)19(35-11)10-27-23(33)18-9-20(31-30-18)29-22(32)14-7-16(25)17(26)8-15(14)24/h3-9H,10H2,1-2H3,(H,27,33)(H2,29,30,31,32). The van der Waals surface area contributed by atoms with E-state index >= 15 is 0 Å². The Balaban J connectivity index is 1.43. The normalized spacial score (nSPS) is 10.8. The highest BCUT2D eigenvalue weighted by molar-refractivity contribution is 6.34. The minimum absolute atomic E-state index is 0.0191. The molecule has 0 aliphatic carbocycles. The summed E-state index contributed by atoms with van der Waals surface area (Å²) < 4.78 is 37.6. The molecule has 4 rings (SSSR count). The molecule has 12 heteroatoms. The molecule has 2 amide bonds. The number of carbonyl (C=O) groups is 2. The van der Waals surface area contributed by atoms with Crippen LogP contribution in [0.15, 0.2) is 46.9 Å². The number of aromatic nitrogens is 3. The molecule has 9 nitrogen and oxygen atoms in total. The van der Waals surface area contributed by atoms with Crippen molar-refractivity contribution in [3.63, 3.8) is 0 Å². The molecule has 0 unspecified atom stereocenters. The number of nitrogens with zero attached hydrogens (tertiary/aromatic N) is 2. The Morgan fingerprint density at radius 1 is 1.14 bits per heavy atom. The molecule has 0 fully saturated rings. The fraction of sp³-hybridized carbons (Fsp3) is 0.130. The van der Waals surface area contributed by atoms with E-state index in [1.165, 1.54) is 6.07 Å². The van der Waals surface area contributed by atoms with Gasteiger partial charge in [-0.2, -0.15) is 5.10 Å². The monoisotopic (exact) mass is 501 g/mol. The quantitative estimate of drug-likeness (QED) is 0.321. The Labute approximate surface area is 202 Å². The van der Waals surface area contributed by atoms with E-state index in [9.17, 15) is 18.4 Å². The van der Waals surface area contributed by atoms with Crippen LogP contribution in [0.5, 0.6) is 5.75 Å². The third kappa shape index (κ3) is 5.30. The van der Waals surface area contributed by atoms with E-state index in [4.69, 9.17) is 20.8 Å². The fourth-order valence-corrected chi connectivity index (χ4v) is 3.46. The molecule has 0 radical (unpaired) electrons. The molecule has 180 valence electrons. The van der Waals surface area contributed by atoms with Gasteiger partial charge in [0.1, 0.15) is 17.3 Å². The number of aryl methyl sites for hydroxylation is 1. The average Bonchev–Trinajstić information content (AvgIpc) is 3.46. The van der Waals surface area contributed by atoms with E-state index in [0.29, 0.717) is 35.2 Å². The maximum Gasteiger partial charge on any atom is 0.272 e. The average molecular weight is 502 g/mol. The molecular formula is C23H18ClF2N5O4. The molecule has 0 bridgehead atoms. The van der Waals surface area contributed by atoms with Gasteiger partial charge in [0.2, 0.25) is 0 Å². The van der Waals surface area contributed by atoms with Crippen LogP contribution in [0.25, 0.3) is 11.3 Å². The molecule has 0 saturated heterocycles. The lowest BCUT2D eigenvalue weighted by atomic mass is 10.1. The SMILES string of the molecule is COc1cccc(-c2nc(C)oc2CNC(=O)c2cc(NC(=O)c3cc(F)c(F)cc3Cl)[nH]n2)c1. The largest absolute Gasteiger partial charge is 0.497 e. The van der Waals surface area contributed by atoms with Gasteiger partial charge in [0.25, 0.3) is 11.8 Å². The number of rotatable bonds is 7. The maximum atomic E-state index is 13.5. The topological polar surface area (TPSA) is 122 Å². The number of hydrogen-bond donors (Lipinski definition) is 3. The third-order valence-corrected chi connectivity index (χ3v) is 5.18. The van der Waals surface area contributed by atoms with Crippen molar-refractivity contribution in [1.29, 1.82) is 0 Å². The van der Waals surface area contributed by atoms with Crippen LogP contribution >= 0.6 is 11.6 Å². The second-order valence-corrected chi connectivity index (χ2v) is 7.69. The van der Waals surface area contributed by atoms with E-state index in [0.717, 1.165) is 5.56 Å². The third-order valence-electron chi connectivity index (χ3n) is 4.87. The van der Waals surface area contributed by atoms with Crippen LogP contribution in [-0.4, -0.2) is 34.1 Å². The lowest BCUT2D eigenvalue weighted by Crippen LogP contribution is -2.23. The summed E-state index contributed by atoms with van der Waals surface area (Å²) in [5, 5.41) is 11.1. The van der Waals surface area contributed by atoms with E-state index < -0.39 is 23.4 Å². The highest BCUT2D eigenvalue weighted by atomic mass is 35.5. The van der Waals surface area contributed by atoms with Crippen LogP contribution in [0.4, 0.5) is 14.6 Å². The summed E-state index contributed by atoms with van der Waals surface area (Å²) in [6.07, 6.45) is 0. The molecule has 2 aromatic heterocycles. The Bertz CT molecular complexity index is 1420. The van der Waals surface area contributed by atoms with Crippen molar-refractivity contribution in [2.24, 2.45) is 0 Å². The number of H-pyrrole nitrogens is 1. The highest BCUT2D eigenvalue weighted by Crippen LogP contribution is 2.27. The second kappa shape index (κ2) is 9.94. The van der Waals surface area contributed by atoms with E-state index in [1.54, 1.807) is 26.2 Å². The summed E-state index contributed by atoms with van der Waals surface area (Å²) in [5.41, 5.74) is 0.999. The van der Waals surface area contributed by atoms with Crippen molar-refractivity contribution in [3.05, 3.63) is 82.0 Å². The lowest BCUT2D eigenvalue weighted by molar-refractivity contribution is 0.0942. The molecule has 0 atom stereocenters. The fourth-order valence-electron chi connectivity index (χ4n) is 3.22. The van der Waals surface area contributed by atoms with Crippen LogP contribution in [0.3, 0.4) is 0 Å². The van der Waals surface area contributed by atoms with Crippen LogP contribution in [0.1, 0.15) is 32.5 Å². The first-order valence-electron chi connectivity index (χ1n) is 10.2. The number of ether oxygens (including phenoxy) is 1. The number of halogens is 3. The van der Waals surface area contributed by atoms with E-state index in [-0.39, 0.29) is 28.6 Å². The minimum atomic E-state index is -1.22. The molecule has 2 heterocycles. The second-order valence-electron chi connectivity index (χ2n) is 7.29. The summed E-state index contributed by atoms with van der Waals surface area (Å²) in [5.74, 6) is -2.22. The Morgan fingerprint density at radius 2 is 1.91 bits per heavy atom. The van der Waals surface area contributed by atoms with Gasteiger partial charge in [-0.15, -0.1) is 0 Å². The first kappa shape index (κ1) is 23.9. The van der Waals surface area contributed by atoms with Gasteiger partial charge in [0, 0.05) is 18.6 Å². The first-order chi connectivity index (χ1) is 16.7. The van der Waals surface area contributed by atoms with Gasteiger partial charge in [-0.25, -0.2) is 13.8 Å². The van der Waals surface area contributed by atoms with Crippen molar-refractivity contribution in [2.75, 3.05) is 12.4 Å². The zero-order valence-electron chi connectivity index (χ0n) is 18.4. The Kier molecular flexibility index (Phi) is 6.78. The number of benzene rings is 2. The first-order valence-corrected chi connectivity index (χ1v) is 10.5. The van der Waals surface area contributed by atoms with Gasteiger partial charge >= 0.3 is 0 Å². The molecule has 0 spiro atoms. The summed E-state index contributed by atoms with van der Waals surface area (Å²) in [7, 11) is 1.56. The molecule has 35 heavy (non-hydrogen) atoms. The van der Waals surface area contributed by atoms with E-state index in [2.05, 4.69) is 25.8 Å². The van der Waals surface area contributed by atoms with Crippen molar-refractivity contribution in [3.8, 4) is 17.0 Å². The zero-order valence-corrected chi connectivity index (χ0v) is 19.2. The summed E-state index contributed by atoms with van der Waals surface area (Å²) in [6.45, 7) is 1.71. The number of nitrogens with one attached hydrogen (secondary N) is 3. The molecule has 0 saturated carbocycles. The predicted molar refractivity (Wildman–Crippen MR) is 122 cm³/mol. The van der Waals surface area contributed by atoms with Crippen molar-refractivity contribution < 1.29 is 27.5 Å². The van der Waals surface area contributed by atoms with Gasteiger partial charge in [0.05, 0.1) is 24.2 Å². The number of aromatic amines is 1. The van der Waals surface area contributed by atoms with Crippen LogP contribution < -0.4 is 15.4 Å². The number of hydrogen-bond acceptors (Lipinski definition) is 6. The van der Waals surface area contributed by atoms with Crippen LogP contribution in [0.2, 0.25) is 5.02 Å². The summed E-state index contributed by atoms with van der Waals surface area (Å²) in [4.78, 5) is 29.3. The Morgan fingerprint density at radius 3 is 2.69 bits per heavy atom. The smallest absolute Gasteiger partial charge is 0.272 e. The molecule has 4 aromatic rings. The van der Waals surface area contributed by atoms with Crippen LogP contribution in [0, 0.1) is 18.6 Å². The van der Waals surface area contributed by atoms with Gasteiger partial charge in [-0.1, -0.05) is 23.7 Å². The van der Waals surface area contributed by atoms with Crippen molar-refractivity contribution >= 4 is 29.2 Å². The number of carbonyl (C=O) groups excluding carboxylic acids is 2. The minimum Gasteiger partial charge on any atom is -0.497 e. The van der Waals surface area contributed by atoms with Gasteiger partial charge in [-0.3, -0.25) is 14.7 Å². The molecular weight excluding hydrogens is 484 g/mol. The van der Waals surface area contributed by atoms with Gasteiger partial charge < -0.3 is 19.8 Å². The molecule has 3 N–H and O–H groups in total. The van der Waals surface area contributed by atoms with Crippen molar-refractivity contribution in [1.82, 2.24) is 20.5 Å². The summed E-state index contributed by atoms with van der Waals surface area (Å²) in [6, 6.07) is 9.89. The van der Waals surface area contributed by atoms with E-state index in [1.807, 2.05) is 12.1 Å². The molecule has 0 aliphatic heterocycles.